The Hall–Kier alpha value is -4.35. The molecule has 0 aliphatic rings. The standard InChI is InChI=1S/C18H17N5O7/c1-11(24)21-14-4-2-12(3-5-14)17(25)19-6-7-20-18(26)13-8-15(22(27)28)10-16(9-13)23(29)30/h2-5,8-10H,6-7H2,1H3,(H,19,25)(H,20,26)(H,21,24). The molecule has 2 aromatic carbocycles. The molecule has 12 nitrogen and oxygen atoms in total. The van der Waals surface area contributed by atoms with Gasteiger partial charge in [-0.15, -0.1) is 0 Å². The molecule has 0 fully saturated rings. The van der Waals surface area contributed by atoms with Gasteiger partial charge in [-0.3, -0.25) is 34.6 Å². The molecule has 0 unspecified atom stereocenters. The van der Waals surface area contributed by atoms with Crippen LogP contribution in [-0.2, 0) is 4.79 Å². The molecule has 30 heavy (non-hydrogen) atoms. The van der Waals surface area contributed by atoms with Gasteiger partial charge in [0.2, 0.25) is 5.91 Å². The summed E-state index contributed by atoms with van der Waals surface area (Å²) in [6.07, 6.45) is 0. The van der Waals surface area contributed by atoms with Crippen LogP contribution in [0.4, 0.5) is 17.1 Å². The van der Waals surface area contributed by atoms with Crippen molar-refractivity contribution in [3.8, 4) is 0 Å². The molecule has 0 radical (unpaired) electrons. The summed E-state index contributed by atoms with van der Waals surface area (Å²) >= 11 is 0. The second-order valence-corrected chi connectivity index (χ2v) is 6.02. The van der Waals surface area contributed by atoms with Gasteiger partial charge >= 0.3 is 0 Å². The van der Waals surface area contributed by atoms with Gasteiger partial charge in [-0.1, -0.05) is 0 Å². The van der Waals surface area contributed by atoms with Crippen LogP contribution in [0.1, 0.15) is 27.6 Å². The summed E-state index contributed by atoms with van der Waals surface area (Å²) in [5.74, 6) is -1.41. The Morgan fingerprint density at radius 2 is 1.27 bits per heavy atom. The monoisotopic (exact) mass is 415 g/mol. The molecule has 0 atom stereocenters. The van der Waals surface area contributed by atoms with E-state index >= 15 is 0 Å². The maximum Gasteiger partial charge on any atom is 0.277 e. The lowest BCUT2D eigenvalue weighted by Gasteiger charge is -2.08. The Kier molecular flexibility index (Phi) is 7.11. The summed E-state index contributed by atoms with van der Waals surface area (Å²) < 4.78 is 0. The van der Waals surface area contributed by atoms with Gasteiger partial charge < -0.3 is 16.0 Å². The summed E-state index contributed by atoms with van der Waals surface area (Å²) in [6.45, 7) is 1.40. The zero-order chi connectivity index (χ0) is 22.3. The Morgan fingerprint density at radius 3 is 1.70 bits per heavy atom. The number of benzene rings is 2. The number of nitro groups is 2. The molecule has 0 aliphatic heterocycles. The second-order valence-electron chi connectivity index (χ2n) is 6.02. The van der Waals surface area contributed by atoms with E-state index < -0.39 is 33.0 Å². The Labute approximate surface area is 169 Å². The van der Waals surface area contributed by atoms with Crippen molar-refractivity contribution in [3.63, 3.8) is 0 Å². The van der Waals surface area contributed by atoms with Gasteiger partial charge in [-0.05, 0) is 24.3 Å². The van der Waals surface area contributed by atoms with Crippen LogP contribution in [-0.4, -0.2) is 40.7 Å². The van der Waals surface area contributed by atoms with Crippen LogP contribution in [0.5, 0.6) is 0 Å². The van der Waals surface area contributed by atoms with Crippen LogP contribution >= 0.6 is 0 Å². The molecule has 3 amide bonds. The third-order valence-corrected chi connectivity index (χ3v) is 3.75. The number of carbonyl (C=O) groups is 3. The third kappa shape index (κ3) is 6.09. The zero-order valence-corrected chi connectivity index (χ0v) is 15.7. The van der Waals surface area contributed by atoms with Crippen molar-refractivity contribution < 1.29 is 24.2 Å². The first-order valence-electron chi connectivity index (χ1n) is 8.55. The number of rotatable bonds is 8. The summed E-state index contributed by atoms with van der Waals surface area (Å²) in [5, 5.41) is 29.3. The highest BCUT2D eigenvalue weighted by Crippen LogP contribution is 2.22. The van der Waals surface area contributed by atoms with Crippen molar-refractivity contribution in [2.45, 2.75) is 6.92 Å². The minimum Gasteiger partial charge on any atom is -0.350 e. The van der Waals surface area contributed by atoms with E-state index in [2.05, 4.69) is 16.0 Å². The summed E-state index contributed by atoms with van der Waals surface area (Å²) in [4.78, 5) is 55.3. The number of amides is 3. The maximum atomic E-state index is 12.1. The fourth-order valence-corrected chi connectivity index (χ4v) is 2.40. The molecule has 3 N–H and O–H groups in total. The highest BCUT2D eigenvalue weighted by molar-refractivity contribution is 5.96. The van der Waals surface area contributed by atoms with Gasteiger partial charge in [-0.2, -0.15) is 0 Å². The first kappa shape index (κ1) is 21.9. The molecule has 2 aromatic rings. The average molecular weight is 415 g/mol. The Bertz CT molecular complexity index is 972. The number of hydrogen-bond donors (Lipinski definition) is 3. The Morgan fingerprint density at radius 1 is 0.800 bits per heavy atom. The van der Waals surface area contributed by atoms with Crippen molar-refractivity contribution >= 4 is 34.8 Å². The molecule has 0 spiro atoms. The number of hydrogen-bond acceptors (Lipinski definition) is 7. The lowest BCUT2D eigenvalue weighted by molar-refractivity contribution is -0.394. The van der Waals surface area contributed by atoms with Crippen LogP contribution in [0.25, 0.3) is 0 Å². The maximum absolute atomic E-state index is 12.1. The van der Waals surface area contributed by atoms with E-state index in [1.165, 1.54) is 19.1 Å². The molecule has 0 saturated heterocycles. The van der Waals surface area contributed by atoms with Crippen LogP contribution in [0, 0.1) is 20.2 Å². The van der Waals surface area contributed by atoms with Crippen molar-refractivity contribution in [3.05, 3.63) is 73.8 Å². The predicted molar refractivity (Wildman–Crippen MR) is 105 cm³/mol. The van der Waals surface area contributed by atoms with E-state index in [9.17, 15) is 34.6 Å². The van der Waals surface area contributed by atoms with E-state index in [4.69, 9.17) is 0 Å². The highest BCUT2D eigenvalue weighted by Gasteiger charge is 2.19. The van der Waals surface area contributed by atoms with E-state index in [1.807, 2.05) is 0 Å². The van der Waals surface area contributed by atoms with Crippen molar-refractivity contribution in [1.29, 1.82) is 0 Å². The van der Waals surface area contributed by atoms with Gasteiger partial charge in [0.15, 0.2) is 0 Å². The molecular weight excluding hydrogens is 398 g/mol. The minimum absolute atomic E-state index is 0.00889. The number of carbonyl (C=O) groups excluding carboxylic acids is 3. The first-order valence-corrected chi connectivity index (χ1v) is 8.55. The van der Waals surface area contributed by atoms with Crippen molar-refractivity contribution in [2.75, 3.05) is 18.4 Å². The fraction of sp³-hybridized carbons (Fsp3) is 0.167. The largest absolute Gasteiger partial charge is 0.350 e. The SMILES string of the molecule is CC(=O)Nc1ccc(C(=O)NCCNC(=O)c2cc([N+](=O)[O-])cc([N+](=O)[O-])c2)cc1. The fourth-order valence-electron chi connectivity index (χ4n) is 2.40. The van der Waals surface area contributed by atoms with E-state index in [-0.39, 0.29) is 24.6 Å². The molecule has 0 heterocycles. The first-order chi connectivity index (χ1) is 14.2. The second kappa shape index (κ2) is 9.73. The van der Waals surface area contributed by atoms with Crippen LogP contribution in [0.2, 0.25) is 0 Å². The third-order valence-electron chi connectivity index (χ3n) is 3.75. The number of nitro benzene ring substituents is 2. The number of non-ortho nitro benzene ring substituents is 2. The highest BCUT2D eigenvalue weighted by atomic mass is 16.6. The van der Waals surface area contributed by atoms with Crippen LogP contribution in [0.3, 0.4) is 0 Å². The van der Waals surface area contributed by atoms with Crippen molar-refractivity contribution in [2.24, 2.45) is 0 Å². The number of nitrogens with one attached hydrogen (secondary N) is 3. The quantitative estimate of drug-likeness (QED) is 0.333. The molecule has 2 rings (SSSR count). The minimum atomic E-state index is -0.832. The smallest absolute Gasteiger partial charge is 0.277 e. The van der Waals surface area contributed by atoms with E-state index in [0.717, 1.165) is 18.2 Å². The lowest BCUT2D eigenvalue weighted by atomic mass is 10.1. The van der Waals surface area contributed by atoms with Crippen molar-refractivity contribution in [1.82, 2.24) is 10.6 Å². The molecule has 0 aromatic heterocycles. The van der Waals surface area contributed by atoms with Gasteiger partial charge in [0.1, 0.15) is 0 Å². The zero-order valence-electron chi connectivity index (χ0n) is 15.7. The summed E-state index contributed by atoms with van der Waals surface area (Å²) in [6, 6.07) is 8.77. The van der Waals surface area contributed by atoms with E-state index in [1.54, 1.807) is 12.1 Å². The van der Waals surface area contributed by atoms with Gasteiger partial charge in [0, 0.05) is 43.4 Å². The molecular formula is C18H17N5O7. The molecule has 156 valence electrons. The molecule has 0 bridgehead atoms. The van der Waals surface area contributed by atoms with Crippen LogP contribution < -0.4 is 16.0 Å². The van der Waals surface area contributed by atoms with E-state index in [0.29, 0.717) is 11.3 Å². The van der Waals surface area contributed by atoms with Crippen LogP contribution in [0.15, 0.2) is 42.5 Å². The number of anilines is 1. The summed E-state index contributed by atoms with van der Waals surface area (Å²) in [7, 11) is 0. The molecule has 0 aliphatic carbocycles. The molecule has 0 saturated carbocycles. The average Bonchev–Trinajstić information content (AvgIpc) is 2.70. The lowest BCUT2D eigenvalue weighted by Crippen LogP contribution is -2.34. The van der Waals surface area contributed by atoms with Gasteiger partial charge in [-0.25, -0.2) is 0 Å². The van der Waals surface area contributed by atoms with Gasteiger partial charge in [0.25, 0.3) is 23.2 Å². The topological polar surface area (TPSA) is 174 Å². The summed E-state index contributed by atoms with van der Waals surface area (Å²) in [5.41, 5.74) is -0.520. The van der Waals surface area contributed by atoms with Gasteiger partial charge in [0.05, 0.1) is 21.5 Å². The Balaban J connectivity index is 1.90. The molecule has 12 heteroatoms. The predicted octanol–water partition coefficient (Wildman–Crippen LogP) is 1.62. The normalized spacial score (nSPS) is 10.0. The number of nitrogens with zero attached hydrogens (tertiary/aromatic N) is 2.